The topological polar surface area (TPSA) is 50.3 Å². The van der Waals surface area contributed by atoms with Gasteiger partial charge in [0.25, 0.3) is 0 Å². The highest BCUT2D eigenvalue weighted by Crippen LogP contribution is 2.32. The van der Waals surface area contributed by atoms with Crippen molar-refractivity contribution in [2.75, 3.05) is 18.4 Å². The zero-order valence-electron chi connectivity index (χ0n) is 17.7. The molecule has 0 bridgehead atoms. The third kappa shape index (κ3) is 5.18. The van der Waals surface area contributed by atoms with E-state index in [0.717, 1.165) is 67.9 Å². The standard InChI is InChI=1S/C23H27F3N4O/c1-15(2)30-12-10-19(11-13-30)31-20-5-3-4-16-14-27-22(29-21(16)20)28-18-8-6-17(7-9-18)23(24,25)26/h5-9,14-15,19H,3-4,10-13H2,1-2H3,(H,27,28,29). The summed E-state index contributed by atoms with van der Waals surface area (Å²) in [6.45, 7) is 6.46. The molecule has 0 unspecified atom stereocenters. The Bertz CT molecular complexity index is 933. The van der Waals surface area contributed by atoms with Crippen LogP contribution in [-0.4, -0.2) is 40.1 Å². The Labute approximate surface area is 180 Å². The first-order chi connectivity index (χ1) is 14.8. The van der Waals surface area contributed by atoms with Crippen molar-refractivity contribution in [3.05, 3.63) is 53.4 Å². The van der Waals surface area contributed by atoms with Gasteiger partial charge in [-0.15, -0.1) is 0 Å². The third-order valence-corrected chi connectivity index (χ3v) is 5.81. The number of allylic oxidation sites excluding steroid dienone is 1. The van der Waals surface area contributed by atoms with Crippen molar-refractivity contribution in [1.82, 2.24) is 14.9 Å². The van der Waals surface area contributed by atoms with Gasteiger partial charge in [0.15, 0.2) is 0 Å². The molecule has 4 rings (SSSR count). The van der Waals surface area contributed by atoms with E-state index in [-0.39, 0.29) is 6.10 Å². The molecule has 1 saturated heterocycles. The van der Waals surface area contributed by atoms with Crippen molar-refractivity contribution >= 4 is 17.4 Å². The lowest BCUT2D eigenvalue weighted by atomic mass is 10.0. The molecule has 0 saturated carbocycles. The number of ether oxygens (including phenoxy) is 1. The molecular weight excluding hydrogens is 405 g/mol. The fraction of sp³-hybridized carbons (Fsp3) is 0.478. The highest BCUT2D eigenvalue weighted by molar-refractivity contribution is 5.64. The van der Waals surface area contributed by atoms with E-state index in [4.69, 9.17) is 4.74 Å². The van der Waals surface area contributed by atoms with E-state index in [0.29, 0.717) is 17.7 Å². The molecule has 1 aliphatic carbocycles. The van der Waals surface area contributed by atoms with Gasteiger partial charge in [0.1, 0.15) is 17.6 Å². The highest BCUT2D eigenvalue weighted by atomic mass is 19.4. The molecule has 166 valence electrons. The molecule has 0 amide bonds. The molecule has 0 spiro atoms. The average Bonchev–Trinajstić information content (AvgIpc) is 2.74. The maximum absolute atomic E-state index is 12.8. The van der Waals surface area contributed by atoms with Gasteiger partial charge in [-0.1, -0.05) is 0 Å². The Morgan fingerprint density at radius 3 is 2.48 bits per heavy atom. The molecule has 8 heteroatoms. The van der Waals surface area contributed by atoms with Crippen LogP contribution in [0, 0.1) is 0 Å². The van der Waals surface area contributed by atoms with Crippen LogP contribution in [0.3, 0.4) is 0 Å². The Morgan fingerprint density at radius 2 is 1.84 bits per heavy atom. The van der Waals surface area contributed by atoms with Crippen molar-refractivity contribution < 1.29 is 17.9 Å². The van der Waals surface area contributed by atoms with Crippen molar-refractivity contribution in [3.63, 3.8) is 0 Å². The van der Waals surface area contributed by atoms with Crippen LogP contribution < -0.4 is 5.32 Å². The second-order valence-corrected chi connectivity index (χ2v) is 8.32. The summed E-state index contributed by atoms with van der Waals surface area (Å²) in [6.07, 6.45) is 3.33. The van der Waals surface area contributed by atoms with E-state index < -0.39 is 11.7 Å². The van der Waals surface area contributed by atoms with Gasteiger partial charge < -0.3 is 15.0 Å². The van der Waals surface area contributed by atoms with E-state index in [1.165, 1.54) is 12.1 Å². The maximum Gasteiger partial charge on any atom is 0.416 e. The molecule has 1 aromatic carbocycles. The zero-order valence-corrected chi connectivity index (χ0v) is 17.7. The smallest absolute Gasteiger partial charge is 0.416 e. The van der Waals surface area contributed by atoms with Gasteiger partial charge in [0.05, 0.1) is 5.56 Å². The largest absolute Gasteiger partial charge is 0.488 e. The zero-order chi connectivity index (χ0) is 22.0. The van der Waals surface area contributed by atoms with Gasteiger partial charge in [-0.3, -0.25) is 0 Å². The number of rotatable bonds is 5. The number of benzene rings is 1. The Kier molecular flexibility index (Phi) is 6.18. The number of halogens is 3. The number of aryl methyl sites for hydroxylation is 1. The summed E-state index contributed by atoms with van der Waals surface area (Å²) in [6, 6.07) is 5.38. The minimum Gasteiger partial charge on any atom is -0.488 e. The van der Waals surface area contributed by atoms with Crippen LogP contribution in [0.2, 0.25) is 0 Å². The molecule has 0 atom stereocenters. The number of piperidine rings is 1. The summed E-state index contributed by atoms with van der Waals surface area (Å²) in [5, 5.41) is 3.00. The molecular formula is C23H27F3N4O. The second kappa shape index (κ2) is 8.86. The van der Waals surface area contributed by atoms with Crippen molar-refractivity contribution in [2.45, 2.75) is 57.9 Å². The molecule has 2 aromatic rings. The van der Waals surface area contributed by atoms with E-state index in [2.05, 4.69) is 40.1 Å². The van der Waals surface area contributed by atoms with Crippen molar-refractivity contribution in [3.8, 4) is 0 Å². The summed E-state index contributed by atoms with van der Waals surface area (Å²) in [4.78, 5) is 11.4. The summed E-state index contributed by atoms with van der Waals surface area (Å²) in [5.74, 6) is 1.12. The minimum atomic E-state index is -4.36. The van der Waals surface area contributed by atoms with Crippen LogP contribution in [0.1, 0.15) is 49.9 Å². The van der Waals surface area contributed by atoms with E-state index in [1.807, 2.05) is 0 Å². The Morgan fingerprint density at radius 1 is 1.13 bits per heavy atom. The fourth-order valence-electron chi connectivity index (χ4n) is 3.98. The molecule has 2 heterocycles. The summed E-state index contributed by atoms with van der Waals surface area (Å²) >= 11 is 0. The average molecular weight is 432 g/mol. The number of nitrogens with one attached hydrogen (secondary N) is 1. The number of alkyl halides is 3. The first kappa shape index (κ1) is 21.6. The van der Waals surface area contributed by atoms with Crippen LogP contribution in [-0.2, 0) is 17.3 Å². The van der Waals surface area contributed by atoms with Gasteiger partial charge in [0.2, 0.25) is 5.95 Å². The van der Waals surface area contributed by atoms with Gasteiger partial charge in [0, 0.05) is 36.6 Å². The number of aromatic nitrogens is 2. The third-order valence-electron chi connectivity index (χ3n) is 5.81. The summed E-state index contributed by atoms with van der Waals surface area (Å²) < 4.78 is 44.6. The first-order valence-electron chi connectivity index (χ1n) is 10.7. The van der Waals surface area contributed by atoms with Crippen LogP contribution in [0.15, 0.2) is 36.5 Å². The molecule has 1 fully saturated rings. The Balaban J connectivity index is 1.45. The first-order valence-corrected chi connectivity index (χ1v) is 10.7. The number of fused-ring (bicyclic) bond motifs is 1. The fourth-order valence-corrected chi connectivity index (χ4v) is 3.98. The summed E-state index contributed by atoms with van der Waals surface area (Å²) in [5.41, 5.74) is 1.60. The van der Waals surface area contributed by atoms with Crippen molar-refractivity contribution in [2.24, 2.45) is 0 Å². The monoisotopic (exact) mass is 432 g/mol. The van der Waals surface area contributed by atoms with Crippen LogP contribution in [0.5, 0.6) is 0 Å². The summed E-state index contributed by atoms with van der Waals surface area (Å²) in [7, 11) is 0. The lowest BCUT2D eigenvalue weighted by molar-refractivity contribution is -0.137. The SMILES string of the molecule is CC(C)N1CCC(OC2=CCCc3cnc(Nc4ccc(C(F)(F)F)cc4)nc32)CC1. The molecule has 1 aromatic heterocycles. The molecule has 0 radical (unpaired) electrons. The van der Waals surface area contributed by atoms with Crippen LogP contribution >= 0.6 is 0 Å². The van der Waals surface area contributed by atoms with Crippen LogP contribution in [0.25, 0.3) is 5.76 Å². The van der Waals surface area contributed by atoms with Crippen LogP contribution in [0.4, 0.5) is 24.8 Å². The quantitative estimate of drug-likeness (QED) is 0.684. The molecule has 31 heavy (non-hydrogen) atoms. The molecule has 5 nitrogen and oxygen atoms in total. The second-order valence-electron chi connectivity index (χ2n) is 8.32. The van der Waals surface area contributed by atoms with Gasteiger partial charge >= 0.3 is 6.18 Å². The number of hydrogen-bond acceptors (Lipinski definition) is 5. The number of nitrogens with zero attached hydrogens (tertiary/aromatic N) is 3. The van der Waals surface area contributed by atoms with Gasteiger partial charge in [-0.2, -0.15) is 13.2 Å². The lowest BCUT2D eigenvalue weighted by Crippen LogP contribution is -2.40. The number of anilines is 2. The molecule has 2 aliphatic rings. The number of likely N-dealkylation sites (tertiary alicyclic amines) is 1. The Hall–Kier alpha value is -2.61. The van der Waals surface area contributed by atoms with Gasteiger partial charge in [-0.05, 0) is 69.9 Å². The van der Waals surface area contributed by atoms with Crippen molar-refractivity contribution in [1.29, 1.82) is 0 Å². The predicted molar refractivity (Wildman–Crippen MR) is 114 cm³/mol. The predicted octanol–water partition coefficient (Wildman–Crippen LogP) is 5.42. The van der Waals surface area contributed by atoms with E-state index >= 15 is 0 Å². The lowest BCUT2D eigenvalue weighted by Gasteiger charge is -2.35. The van der Waals surface area contributed by atoms with Gasteiger partial charge in [-0.25, -0.2) is 9.97 Å². The normalized spacial score (nSPS) is 17.9. The van der Waals surface area contributed by atoms with E-state index in [1.54, 1.807) is 6.20 Å². The molecule has 1 aliphatic heterocycles. The van der Waals surface area contributed by atoms with E-state index in [9.17, 15) is 13.2 Å². The minimum absolute atomic E-state index is 0.161. The highest BCUT2D eigenvalue weighted by Gasteiger charge is 2.30. The number of hydrogen-bond donors (Lipinski definition) is 1. The molecule has 1 N–H and O–H groups in total. The maximum atomic E-state index is 12.8.